The number of hydrogen-bond acceptors (Lipinski definition) is 7. The molecule has 136 valence electrons. The van der Waals surface area contributed by atoms with Crippen molar-refractivity contribution < 1.29 is 19.1 Å². The maximum absolute atomic E-state index is 12.6. The molecule has 0 saturated carbocycles. The zero-order valence-electron chi connectivity index (χ0n) is 14.4. The molecule has 1 aromatic carbocycles. The van der Waals surface area contributed by atoms with Gasteiger partial charge in [0.2, 0.25) is 0 Å². The highest BCUT2D eigenvalue weighted by molar-refractivity contribution is 7.09. The van der Waals surface area contributed by atoms with Gasteiger partial charge in [-0.05, 0) is 18.2 Å². The van der Waals surface area contributed by atoms with Crippen molar-refractivity contribution in [2.24, 2.45) is 0 Å². The Balaban J connectivity index is 2.10. The number of carbonyl (C=O) groups excluding carboxylic acids is 2. The fraction of sp³-hybridized carbons (Fsp3) is 0.294. The Morgan fingerprint density at radius 2 is 2.19 bits per heavy atom. The summed E-state index contributed by atoms with van der Waals surface area (Å²) in [4.78, 5) is 29.8. The zero-order chi connectivity index (χ0) is 18.9. The number of esters is 1. The van der Waals surface area contributed by atoms with Gasteiger partial charge in [0.1, 0.15) is 5.01 Å². The molecule has 1 N–H and O–H groups in total. The topological polar surface area (TPSA) is 105 Å². The van der Waals surface area contributed by atoms with E-state index < -0.39 is 5.97 Å². The fourth-order valence-corrected chi connectivity index (χ4v) is 2.85. The second-order valence-electron chi connectivity index (χ2n) is 5.16. The smallest absolute Gasteiger partial charge is 0.357 e. The van der Waals surface area contributed by atoms with Crippen molar-refractivity contribution in [3.63, 3.8) is 0 Å². The summed E-state index contributed by atoms with van der Waals surface area (Å²) in [5, 5.41) is 13.9. The largest absolute Gasteiger partial charge is 0.464 e. The molecule has 8 nitrogen and oxygen atoms in total. The van der Waals surface area contributed by atoms with Crippen LogP contribution >= 0.6 is 11.3 Å². The molecular formula is C17H18N4O4S. The first-order valence-corrected chi connectivity index (χ1v) is 8.53. The van der Waals surface area contributed by atoms with E-state index in [-0.39, 0.29) is 18.3 Å². The van der Waals surface area contributed by atoms with E-state index in [0.29, 0.717) is 29.4 Å². The lowest BCUT2D eigenvalue weighted by atomic mass is 10.2. The number of anilines is 1. The Labute approximate surface area is 155 Å². The monoisotopic (exact) mass is 374 g/mol. The molecule has 0 spiro atoms. The SMILES string of the molecule is COCCN(Cc1nc(C(=O)OC)cs1)C(=O)Nc1cccc(C#N)c1. The molecule has 1 aromatic heterocycles. The minimum absolute atomic E-state index is 0.210. The van der Waals surface area contributed by atoms with Crippen LogP contribution in [0.4, 0.5) is 10.5 Å². The quantitative estimate of drug-likeness (QED) is 0.747. The molecule has 0 saturated heterocycles. The number of thiazole rings is 1. The number of aromatic nitrogens is 1. The first-order chi connectivity index (χ1) is 12.6. The molecule has 0 radical (unpaired) electrons. The predicted molar refractivity (Wildman–Crippen MR) is 95.9 cm³/mol. The highest BCUT2D eigenvalue weighted by Gasteiger charge is 2.18. The van der Waals surface area contributed by atoms with E-state index in [1.54, 1.807) is 36.8 Å². The van der Waals surface area contributed by atoms with Crippen LogP contribution in [0.5, 0.6) is 0 Å². The van der Waals surface area contributed by atoms with E-state index in [0.717, 1.165) is 0 Å². The number of benzene rings is 1. The number of urea groups is 1. The van der Waals surface area contributed by atoms with E-state index in [1.165, 1.54) is 23.3 Å². The van der Waals surface area contributed by atoms with Crippen LogP contribution in [0, 0.1) is 11.3 Å². The van der Waals surface area contributed by atoms with Crippen LogP contribution in [0.25, 0.3) is 0 Å². The van der Waals surface area contributed by atoms with E-state index >= 15 is 0 Å². The number of ether oxygens (including phenoxy) is 2. The summed E-state index contributed by atoms with van der Waals surface area (Å²) < 4.78 is 9.69. The second-order valence-corrected chi connectivity index (χ2v) is 6.10. The predicted octanol–water partition coefficient (Wildman–Crippen LogP) is 2.48. The van der Waals surface area contributed by atoms with Crippen LogP contribution < -0.4 is 5.32 Å². The third-order valence-electron chi connectivity index (χ3n) is 3.37. The minimum atomic E-state index is -0.520. The van der Waals surface area contributed by atoms with Gasteiger partial charge >= 0.3 is 12.0 Å². The van der Waals surface area contributed by atoms with Gasteiger partial charge in [-0.2, -0.15) is 5.26 Å². The highest BCUT2D eigenvalue weighted by atomic mass is 32.1. The van der Waals surface area contributed by atoms with Crippen LogP contribution in [0.15, 0.2) is 29.6 Å². The van der Waals surface area contributed by atoms with Crippen molar-refractivity contribution in [3.05, 3.63) is 45.9 Å². The van der Waals surface area contributed by atoms with Gasteiger partial charge in [-0.25, -0.2) is 14.6 Å². The molecule has 0 aliphatic carbocycles. The van der Waals surface area contributed by atoms with Gasteiger partial charge in [-0.3, -0.25) is 0 Å². The standard InChI is InChI=1S/C17H18N4O4S/c1-24-7-6-21(10-15-20-14(11-26-15)16(22)25-2)17(23)19-13-5-3-4-12(8-13)9-18/h3-5,8,11H,6-7,10H2,1-2H3,(H,19,23). The molecule has 2 amide bonds. The Morgan fingerprint density at radius 1 is 1.38 bits per heavy atom. The third-order valence-corrected chi connectivity index (χ3v) is 4.20. The summed E-state index contributed by atoms with van der Waals surface area (Å²) in [5.41, 5.74) is 1.18. The van der Waals surface area contributed by atoms with Crippen molar-refractivity contribution in [1.29, 1.82) is 5.26 Å². The molecule has 26 heavy (non-hydrogen) atoms. The number of amides is 2. The maximum atomic E-state index is 12.6. The van der Waals surface area contributed by atoms with Gasteiger partial charge in [0, 0.05) is 24.7 Å². The van der Waals surface area contributed by atoms with E-state index in [9.17, 15) is 9.59 Å². The van der Waals surface area contributed by atoms with Crippen LogP contribution in [-0.4, -0.2) is 49.3 Å². The van der Waals surface area contributed by atoms with Gasteiger partial charge in [0.05, 0.1) is 31.9 Å². The fourth-order valence-electron chi connectivity index (χ4n) is 2.07. The number of carbonyl (C=O) groups is 2. The Morgan fingerprint density at radius 3 is 2.88 bits per heavy atom. The van der Waals surface area contributed by atoms with Gasteiger partial charge in [-0.15, -0.1) is 11.3 Å². The average Bonchev–Trinajstić information content (AvgIpc) is 3.13. The van der Waals surface area contributed by atoms with Crippen LogP contribution in [0.3, 0.4) is 0 Å². The number of rotatable bonds is 7. The Kier molecular flexibility index (Phi) is 7.08. The van der Waals surface area contributed by atoms with Gasteiger partial charge in [0.15, 0.2) is 5.69 Å². The molecule has 2 rings (SSSR count). The van der Waals surface area contributed by atoms with Crippen molar-refractivity contribution >= 4 is 29.0 Å². The summed E-state index contributed by atoms with van der Waals surface area (Å²) in [6, 6.07) is 8.31. The lowest BCUT2D eigenvalue weighted by Crippen LogP contribution is -2.36. The molecule has 0 fully saturated rings. The summed E-state index contributed by atoms with van der Waals surface area (Å²) in [5.74, 6) is -0.520. The van der Waals surface area contributed by atoms with E-state index in [2.05, 4.69) is 15.0 Å². The van der Waals surface area contributed by atoms with Crippen LogP contribution in [-0.2, 0) is 16.0 Å². The molecule has 0 atom stereocenters. The maximum Gasteiger partial charge on any atom is 0.357 e. The molecule has 2 aromatic rings. The molecule has 0 bridgehead atoms. The highest BCUT2D eigenvalue weighted by Crippen LogP contribution is 2.15. The lowest BCUT2D eigenvalue weighted by molar-refractivity contribution is 0.0594. The normalized spacial score (nSPS) is 10.0. The summed E-state index contributed by atoms with van der Waals surface area (Å²) in [6.07, 6.45) is 0. The molecule has 1 heterocycles. The first-order valence-electron chi connectivity index (χ1n) is 7.65. The number of nitriles is 1. The number of hydrogen-bond donors (Lipinski definition) is 1. The van der Waals surface area contributed by atoms with Gasteiger partial charge in [-0.1, -0.05) is 6.07 Å². The average molecular weight is 374 g/mol. The second kappa shape index (κ2) is 9.50. The number of nitrogens with zero attached hydrogens (tertiary/aromatic N) is 3. The van der Waals surface area contributed by atoms with Crippen molar-refractivity contribution in [2.75, 3.05) is 32.7 Å². The van der Waals surface area contributed by atoms with Gasteiger partial charge in [0.25, 0.3) is 0 Å². The van der Waals surface area contributed by atoms with Crippen molar-refractivity contribution in [1.82, 2.24) is 9.88 Å². The Bertz CT molecular complexity index is 815. The molecular weight excluding hydrogens is 356 g/mol. The minimum Gasteiger partial charge on any atom is -0.464 e. The van der Waals surface area contributed by atoms with E-state index in [4.69, 9.17) is 10.00 Å². The molecule has 0 aliphatic rings. The van der Waals surface area contributed by atoms with Crippen LogP contribution in [0.1, 0.15) is 21.1 Å². The molecule has 9 heteroatoms. The van der Waals surface area contributed by atoms with Crippen LogP contribution in [0.2, 0.25) is 0 Å². The molecule has 0 unspecified atom stereocenters. The summed E-state index contributed by atoms with van der Waals surface area (Å²) in [6.45, 7) is 0.906. The molecule has 0 aliphatic heterocycles. The number of nitrogens with one attached hydrogen (secondary N) is 1. The third kappa shape index (κ3) is 5.27. The number of methoxy groups -OCH3 is 2. The van der Waals surface area contributed by atoms with Crippen molar-refractivity contribution in [3.8, 4) is 6.07 Å². The summed E-state index contributed by atoms with van der Waals surface area (Å²) >= 11 is 1.27. The first kappa shape index (κ1) is 19.4. The van der Waals surface area contributed by atoms with Crippen molar-refractivity contribution in [2.45, 2.75) is 6.54 Å². The lowest BCUT2D eigenvalue weighted by Gasteiger charge is -2.21. The Hall–Kier alpha value is -2.96. The summed E-state index contributed by atoms with van der Waals surface area (Å²) in [7, 11) is 2.83. The van der Waals surface area contributed by atoms with Gasteiger partial charge < -0.3 is 19.7 Å². The van der Waals surface area contributed by atoms with E-state index in [1.807, 2.05) is 6.07 Å². The zero-order valence-corrected chi connectivity index (χ0v) is 15.2.